The molecule has 0 radical (unpaired) electrons. The SMILES string of the molecule is COc1ccc(-c2csc(NC(=O)C3CCN(S(=O)(=O)c4cccc(C(C)=O)c4)CC3)n2)cc1. The summed E-state index contributed by atoms with van der Waals surface area (Å²) in [4.78, 5) is 29.0. The lowest BCUT2D eigenvalue weighted by Crippen LogP contribution is -2.41. The molecule has 3 aromatic rings. The largest absolute Gasteiger partial charge is 0.497 e. The molecule has 0 saturated carbocycles. The summed E-state index contributed by atoms with van der Waals surface area (Å²) in [6.45, 7) is 1.87. The normalized spacial score (nSPS) is 15.1. The molecule has 0 spiro atoms. The van der Waals surface area contributed by atoms with E-state index in [2.05, 4.69) is 10.3 Å². The molecule has 0 unspecified atom stereocenters. The van der Waals surface area contributed by atoms with Crippen molar-refractivity contribution in [1.29, 1.82) is 0 Å². The quantitative estimate of drug-likeness (QED) is 0.492. The highest BCUT2D eigenvalue weighted by molar-refractivity contribution is 7.89. The minimum absolute atomic E-state index is 0.0944. The van der Waals surface area contributed by atoms with Crippen LogP contribution < -0.4 is 10.1 Å². The number of rotatable bonds is 7. The van der Waals surface area contributed by atoms with Gasteiger partial charge in [-0.15, -0.1) is 11.3 Å². The van der Waals surface area contributed by atoms with E-state index in [1.165, 1.54) is 34.7 Å². The smallest absolute Gasteiger partial charge is 0.243 e. The van der Waals surface area contributed by atoms with Gasteiger partial charge in [-0.05, 0) is 56.2 Å². The van der Waals surface area contributed by atoms with E-state index in [0.29, 0.717) is 23.5 Å². The van der Waals surface area contributed by atoms with Crippen molar-refractivity contribution in [3.63, 3.8) is 0 Å². The summed E-state index contributed by atoms with van der Waals surface area (Å²) in [5.74, 6) is 0.103. The van der Waals surface area contributed by atoms with Gasteiger partial charge in [-0.2, -0.15) is 4.31 Å². The van der Waals surface area contributed by atoms with Crippen LogP contribution in [0.1, 0.15) is 30.1 Å². The van der Waals surface area contributed by atoms with Crippen molar-refractivity contribution in [1.82, 2.24) is 9.29 Å². The molecular formula is C24H25N3O5S2. The third kappa shape index (κ3) is 5.19. The Morgan fingerprint density at radius 2 is 1.82 bits per heavy atom. The average molecular weight is 500 g/mol. The van der Waals surface area contributed by atoms with Crippen molar-refractivity contribution < 1.29 is 22.7 Å². The maximum Gasteiger partial charge on any atom is 0.243 e. The standard InChI is InChI=1S/C24H25N3O5S2/c1-16(28)19-4-3-5-21(14-19)34(30,31)27-12-10-18(11-13-27)23(29)26-24-25-22(15-33-24)17-6-8-20(32-2)9-7-17/h3-9,14-15,18H,10-13H2,1-2H3,(H,25,26,29). The van der Waals surface area contributed by atoms with Crippen LogP contribution >= 0.6 is 11.3 Å². The van der Waals surface area contributed by atoms with Crippen LogP contribution in [0.5, 0.6) is 5.75 Å². The molecule has 1 aliphatic rings. The predicted octanol–water partition coefficient (Wildman–Crippen LogP) is 4.06. The second-order valence-corrected chi connectivity index (χ2v) is 10.8. The molecule has 1 aromatic heterocycles. The molecule has 178 valence electrons. The maximum absolute atomic E-state index is 13.0. The van der Waals surface area contributed by atoms with Gasteiger partial charge < -0.3 is 10.1 Å². The highest BCUT2D eigenvalue weighted by Crippen LogP contribution is 2.29. The fourth-order valence-electron chi connectivity index (χ4n) is 3.82. The molecule has 0 atom stereocenters. The first-order valence-electron chi connectivity index (χ1n) is 10.8. The van der Waals surface area contributed by atoms with Crippen molar-refractivity contribution in [2.24, 2.45) is 5.92 Å². The van der Waals surface area contributed by atoms with Gasteiger partial charge in [0.15, 0.2) is 10.9 Å². The fourth-order valence-corrected chi connectivity index (χ4v) is 6.05. The summed E-state index contributed by atoms with van der Waals surface area (Å²) in [5, 5.41) is 5.25. The Bertz CT molecular complexity index is 1290. The Hall–Kier alpha value is -3.08. The molecular weight excluding hydrogens is 474 g/mol. The van der Waals surface area contributed by atoms with E-state index in [4.69, 9.17) is 4.74 Å². The van der Waals surface area contributed by atoms with Crippen molar-refractivity contribution in [3.05, 3.63) is 59.5 Å². The van der Waals surface area contributed by atoms with Gasteiger partial charge in [0.2, 0.25) is 15.9 Å². The molecule has 10 heteroatoms. The van der Waals surface area contributed by atoms with Gasteiger partial charge in [-0.1, -0.05) is 12.1 Å². The lowest BCUT2D eigenvalue weighted by Gasteiger charge is -2.30. The van der Waals surface area contributed by atoms with Crippen LogP contribution in [0.25, 0.3) is 11.3 Å². The van der Waals surface area contributed by atoms with Crippen LogP contribution in [0.3, 0.4) is 0 Å². The maximum atomic E-state index is 13.0. The molecule has 0 bridgehead atoms. The number of methoxy groups -OCH3 is 1. The Morgan fingerprint density at radius 3 is 2.47 bits per heavy atom. The fraction of sp³-hybridized carbons (Fsp3) is 0.292. The summed E-state index contributed by atoms with van der Waals surface area (Å²) >= 11 is 1.34. The van der Waals surface area contributed by atoms with E-state index in [9.17, 15) is 18.0 Å². The zero-order valence-electron chi connectivity index (χ0n) is 18.9. The number of aromatic nitrogens is 1. The molecule has 34 heavy (non-hydrogen) atoms. The first-order chi connectivity index (χ1) is 16.3. The summed E-state index contributed by atoms with van der Waals surface area (Å²) in [5.41, 5.74) is 2.04. The van der Waals surface area contributed by atoms with Crippen molar-refractivity contribution >= 4 is 38.2 Å². The van der Waals surface area contributed by atoms with E-state index in [0.717, 1.165) is 17.0 Å². The highest BCUT2D eigenvalue weighted by atomic mass is 32.2. The molecule has 2 aromatic carbocycles. The van der Waals surface area contributed by atoms with Gasteiger partial charge in [-0.25, -0.2) is 13.4 Å². The van der Waals surface area contributed by atoms with Gasteiger partial charge in [0, 0.05) is 35.5 Å². The number of ether oxygens (including phenoxy) is 1. The van der Waals surface area contributed by atoms with Gasteiger partial charge in [0.25, 0.3) is 0 Å². The Kier molecular flexibility index (Phi) is 7.11. The number of thiazole rings is 1. The number of nitrogens with one attached hydrogen (secondary N) is 1. The van der Waals surface area contributed by atoms with Crippen LogP contribution in [0.2, 0.25) is 0 Å². The van der Waals surface area contributed by atoms with E-state index in [-0.39, 0.29) is 35.6 Å². The second-order valence-electron chi connectivity index (χ2n) is 8.02. The number of Topliss-reactive ketones (excluding diaryl/α,β-unsaturated/α-hetero) is 1. The second kappa shape index (κ2) is 10.0. The van der Waals surface area contributed by atoms with Crippen molar-refractivity contribution in [2.45, 2.75) is 24.7 Å². The third-order valence-corrected chi connectivity index (χ3v) is 8.48. The number of nitrogens with zero attached hydrogens (tertiary/aromatic N) is 2. The summed E-state index contributed by atoms with van der Waals surface area (Å²) in [6, 6.07) is 13.6. The Balaban J connectivity index is 1.36. The molecule has 1 N–H and O–H groups in total. The Labute approximate surface area is 202 Å². The molecule has 1 saturated heterocycles. The predicted molar refractivity (Wildman–Crippen MR) is 131 cm³/mol. The van der Waals surface area contributed by atoms with E-state index >= 15 is 0 Å². The van der Waals surface area contributed by atoms with Crippen molar-refractivity contribution in [3.8, 4) is 17.0 Å². The lowest BCUT2D eigenvalue weighted by atomic mass is 9.97. The van der Waals surface area contributed by atoms with Gasteiger partial charge in [-0.3, -0.25) is 9.59 Å². The number of sulfonamides is 1. The zero-order valence-corrected chi connectivity index (χ0v) is 20.5. The lowest BCUT2D eigenvalue weighted by molar-refractivity contribution is -0.120. The van der Waals surface area contributed by atoms with Crippen LogP contribution in [0, 0.1) is 5.92 Å². The molecule has 2 heterocycles. The number of carbonyl (C=O) groups excluding carboxylic acids is 2. The van der Waals surface area contributed by atoms with Crippen molar-refractivity contribution in [2.75, 3.05) is 25.5 Å². The molecule has 4 rings (SSSR count). The van der Waals surface area contributed by atoms with Crippen LogP contribution in [0.15, 0.2) is 58.8 Å². The molecule has 1 amide bonds. The van der Waals surface area contributed by atoms with E-state index in [1.807, 2.05) is 29.6 Å². The number of piperidine rings is 1. The number of hydrogen-bond donors (Lipinski definition) is 1. The number of benzene rings is 2. The average Bonchev–Trinajstić information content (AvgIpc) is 3.32. The monoisotopic (exact) mass is 499 g/mol. The first-order valence-corrected chi connectivity index (χ1v) is 13.1. The number of anilines is 1. The number of ketones is 1. The summed E-state index contributed by atoms with van der Waals surface area (Å²) < 4.78 is 32.6. The molecule has 1 aliphatic heterocycles. The molecule has 1 fully saturated rings. The zero-order chi connectivity index (χ0) is 24.3. The Morgan fingerprint density at radius 1 is 1.12 bits per heavy atom. The van der Waals surface area contributed by atoms with Crippen LogP contribution in [-0.2, 0) is 14.8 Å². The number of carbonyl (C=O) groups is 2. The minimum Gasteiger partial charge on any atom is -0.497 e. The van der Waals surface area contributed by atoms with Crippen LogP contribution in [-0.4, -0.2) is 49.6 Å². The summed E-state index contributed by atoms with van der Waals surface area (Å²) in [7, 11) is -2.12. The van der Waals surface area contributed by atoms with Gasteiger partial charge >= 0.3 is 0 Å². The van der Waals surface area contributed by atoms with E-state index in [1.54, 1.807) is 19.2 Å². The van der Waals surface area contributed by atoms with Gasteiger partial charge in [0.1, 0.15) is 5.75 Å². The highest BCUT2D eigenvalue weighted by Gasteiger charge is 2.32. The van der Waals surface area contributed by atoms with Gasteiger partial charge in [0.05, 0.1) is 17.7 Å². The molecule has 0 aliphatic carbocycles. The summed E-state index contributed by atoms with van der Waals surface area (Å²) in [6.07, 6.45) is 0.822. The molecule has 8 nitrogen and oxygen atoms in total. The minimum atomic E-state index is -3.73. The number of hydrogen-bond acceptors (Lipinski definition) is 7. The van der Waals surface area contributed by atoms with E-state index < -0.39 is 10.0 Å². The number of amides is 1. The first kappa shape index (κ1) is 24.1. The third-order valence-electron chi connectivity index (χ3n) is 5.82. The van der Waals surface area contributed by atoms with Crippen LogP contribution in [0.4, 0.5) is 5.13 Å². The topological polar surface area (TPSA) is 106 Å².